The van der Waals surface area contributed by atoms with Crippen LogP contribution in [0.25, 0.3) is 0 Å². The average molecular weight is 179 g/mol. The van der Waals surface area contributed by atoms with E-state index in [1.807, 2.05) is 20.9 Å². The topological polar surface area (TPSA) is 37.8 Å². The molecule has 0 saturated carbocycles. The zero-order chi connectivity index (χ0) is 10.0. The summed E-state index contributed by atoms with van der Waals surface area (Å²) in [4.78, 5) is 8.86. The molecule has 0 spiro atoms. The second-order valence-corrected chi connectivity index (χ2v) is 3.39. The molecule has 1 aromatic heterocycles. The predicted octanol–water partition coefficient (Wildman–Crippen LogP) is 1.68. The molecular weight excluding hydrogens is 162 g/mol. The molecule has 1 atom stereocenters. The van der Waals surface area contributed by atoms with Crippen molar-refractivity contribution in [2.45, 2.75) is 33.7 Å². The van der Waals surface area contributed by atoms with E-state index in [0.717, 1.165) is 17.2 Å². The zero-order valence-corrected chi connectivity index (χ0v) is 8.97. The quantitative estimate of drug-likeness (QED) is 0.750. The highest BCUT2D eigenvalue weighted by Gasteiger charge is 2.09. The summed E-state index contributed by atoms with van der Waals surface area (Å²) in [6.07, 6.45) is 0. The van der Waals surface area contributed by atoms with Crippen molar-refractivity contribution in [3.63, 3.8) is 0 Å². The largest absolute Gasteiger partial charge is 0.311 e. The standard InChI is InChI=1S/C10H17N3/c1-6-7(2)12-10(9(4)11-5)13-8(6)3/h9,11H,1-5H3. The van der Waals surface area contributed by atoms with Gasteiger partial charge in [-0.2, -0.15) is 0 Å². The SMILES string of the molecule is CNC(C)c1nc(C)c(C)c(C)n1. The van der Waals surface area contributed by atoms with Gasteiger partial charge in [0.15, 0.2) is 0 Å². The molecule has 1 N–H and O–H groups in total. The first-order valence-electron chi connectivity index (χ1n) is 4.55. The van der Waals surface area contributed by atoms with E-state index in [-0.39, 0.29) is 6.04 Å². The predicted molar refractivity (Wildman–Crippen MR) is 53.7 cm³/mol. The summed E-state index contributed by atoms with van der Waals surface area (Å²) in [5, 5.41) is 3.13. The second kappa shape index (κ2) is 3.83. The summed E-state index contributed by atoms with van der Waals surface area (Å²) in [5.41, 5.74) is 3.33. The maximum Gasteiger partial charge on any atom is 0.145 e. The molecule has 72 valence electrons. The molecule has 0 radical (unpaired) electrons. The van der Waals surface area contributed by atoms with E-state index >= 15 is 0 Å². The van der Waals surface area contributed by atoms with Crippen LogP contribution in [-0.4, -0.2) is 17.0 Å². The third-order valence-corrected chi connectivity index (χ3v) is 2.47. The Labute approximate surface area is 79.6 Å². The number of aryl methyl sites for hydroxylation is 2. The fourth-order valence-corrected chi connectivity index (χ4v) is 1.12. The number of rotatable bonds is 2. The molecule has 0 amide bonds. The van der Waals surface area contributed by atoms with Gasteiger partial charge in [0.1, 0.15) is 5.82 Å². The van der Waals surface area contributed by atoms with Gasteiger partial charge < -0.3 is 5.32 Å². The highest BCUT2D eigenvalue weighted by atomic mass is 15.0. The normalized spacial score (nSPS) is 13.0. The monoisotopic (exact) mass is 179 g/mol. The van der Waals surface area contributed by atoms with Crippen LogP contribution in [0.1, 0.15) is 35.7 Å². The number of hydrogen-bond acceptors (Lipinski definition) is 3. The third-order valence-electron chi connectivity index (χ3n) is 2.47. The number of aromatic nitrogens is 2. The lowest BCUT2D eigenvalue weighted by Gasteiger charge is -2.11. The van der Waals surface area contributed by atoms with E-state index in [1.54, 1.807) is 0 Å². The molecular formula is C10H17N3. The molecule has 0 aliphatic carbocycles. The molecule has 0 aromatic carbocycles. The summed E-state index contributed by atoms with van der Waals surface area (Å²) < 4.78 is 0. The van der Waals surface area contributed by atoms with Gasteiger partial charge in [-0.3, -0.25) is 0 Å². The Morgan fingerprint density at radius 2 is 1.54 bits per heavy atom. The minimum atomic E-state index is 0.220. The van der Waals surface area contributed by atoms with Crippen molar-refractivity contribution in [2.24, 2.45) is 0 Å². The van der Waals surface area contributed by atoms with E-state index in [0.29, 0.717) is 0 Å². The van der Waals surface area contributed by atoms with Crippen molar-refractivity contribution >= 4 is 0 Å². The van der Waals surface area contributed by atoms with Crippen molar-refractivity contribution in [3.8, 4) is 0 Å². The van der Waals surface area contributed by atoms with Crippen LogP contribution in [0.5, 0.6) is 0 Å². The summed E-state index contributed by atoms with van der Waals surface area (Å²) in [5.74, 6) is 0.878. The minimum Gasteiger partial charge on any atom is -0.311 e. The number of hydrogen-bond donors (Lipinski definition) is 1. The van der Waals surface area contributed by atoms with E-state index < -0.39 is 0 Å². The van der Waals surface area contributed by atoms with Gasteiger partial charge in [0.05, 0.1) is 6.04 Å². The molecule has 1 heterocycles. The molecule has 0 aliphatic rings. The Morgan fingerprint density at radius 1 is 1.08 bits per heavy atom. The third kappa shape index (κ3) is 2.04. The maximum atomic E-state index is 4.43. The summed E-state index contributed by atoms with van der Waals surface area (Å²) in [6, 6.07) is 0.220. The van der Waals surface area contributed by atoms with Crippen LogP contribution in [-0.2, 0) is 0 Å². The summed E-state index contributed by atoms with van der Waals surface area (Å²) in [7, 11) is 1.92. The first-order valence-corrected chi connectivity index (χ1v) is 4.55. The van der Waals surface area contributed by atoms with Crippen LogP contribution >= 0.6 is 0 Å². The van der Waals surface area contributed by atoms with Gasteiger partial charge in [0.2, 0.25) is 0 Å². The fourth-order valence-electron chi connectivity index (χ4n) is 1.12. The Kier molecular flexibility index (Phi) is 2.98. The van der Waals surface area contributed by atoms with Crippen molar-refractivity contribution in [1.82, 2.24) is 15.3 Å². The second-order valence-electron chi connectivity index (χ2n) is 3.39. The first-order chi connectivity index (χ1) is 6.06. The zero-order valence-electron chi connectivity index (χ0n) is 8.97. The van der Waals surface area contributed by atoms with Gasteiger partial charge in [0, 0.05) is 11.4 Å². The van der Waals surface area contributed by atoms with Crippen molar-refractivity contribution in [3.05, 3.63) is 22.8 Å². The Hall–Kier alpha value is -0.960. The highest BCUT2D eigenvalue weighted by molar-refractivity contribution is 5.22. The smallest absolute Gasteiger partial charge is 0.145 e. The van der Waals surface area contributed by atoms with Crippen LogP contribution < -0.4 is 5.32 Å². The lowest BCUT2D eigenvalue weighted by Crippen LogP contribution is -2.17. The molecule has 0 bridgehead atoms. The molecule has 3 heteroatoms. The number of nitrogens with zero attached hydrogens (tertiary/aromatic N) is 2. The molecule has 3 nitrogen and oxygen atoms in total. The molecule has 0 fully saturated rings. The number of nitrogens with one attached hydrogen (secondary N) is 1. The highest BCUT2D eigenvalue weighted by Crippen LogP contribution is 2.12. The molecule has 13 heavy (non-hydrogen) atoms. The minimum absolute atomic E-state index is 0.220. The first kappa shape index (κ1) is 10.1. The van der Waals surface area contributed by atoms with Crippen molar-refractivity contribution < 1.29 is 0 Å². The van der Waals surface area contributed by atoms with Gasteiger partial charge in [0.25, 0.3) is 0 Å². The Morgan fingerprint density at radius 3 is 1.92 bits per heavy atom. The average Bonchev–Trinajstić information content (AvgIpc) is 2.12. The van der Waals surface area contributed by atoms with Crippen molar-refractivity contribution in [1.29, 1.82) is 0 Å². The van der Waals surface area contributed by atoms with Crippen LogP contribution in [0.4, 0.5) is 0 Å². The summed E-state index contributed by atoms with van der Waals surface area (Å²) >= 11 is 0. The van der Waals surface area contributed by atoms with Crippen LogP contribution in [0.3, 0.4) is 0 Å². The van der Waals surface area contributed by atoms with Gasteiger partial charge in [-0.05, 0) is 40.3 Å². The lowest BCUT2D eigenvalue weighted by atomic mass is 10.2. The Bertz CT molecular complexity index is 284. The van der Waals surface area contributed by atoms with E-state index in [4.69, 9.17) is 0 Å². The summed E-state index contributed by atoms with van der Waals surface area (Å²) in [6.45, 7) is 8.16. The molecule has 0 aliphatic heterocycles. The van der Waals surface area contributed by atoms with Gasteiger partial charge in [-0.25, -0.2) is 9.97 Å². The maximum absolute atomic E-state index is 4.43. The van der Waals surface area contributed by atoms with Gasteiger partial charge in [-0.1, -0.05) is 0 Å². The van der Waals surface area contributed by atoms with E-state index in [1.165, 1.54) is 5.56 Å². The van der Waals surface area contributed by atoms with Crippen LogP contribution in [0.2, 0.25) is 0 Å². The van der Waals surface area contributed by atoms with E-state index in [2.05, 4.69) is 29.1 Å². The van der Waals surface area contributed by atoms with E-state index in [9.17, 15) is 0 Å². The van der Waals surface area contributed by atoms with Gasteiger partial charge in [-0.15, -0.1) is 0 Å². The van der Waals surface area contributed by atoms with Crippen LogP contribution in [0.15, 0.2) is 0 Å². The molecule has 0 saturated heterocycles. The van der Waals surface area contributed by atoms with Crippen molar-refractivity contribution in [2.75, 3.05) is 7.05 Å². The molecule has 1 rings (SSSR count). The molecule has 1 unspecified atom stereocenters. The lowest BCUT2D eigenvalue weighted by molar-refractivity contribution is 0.604. The Balaban J connectivity index is 3.13. The fraction of sp³-hybridized carbons (Fsp3) is 0.600. The molecule has 1 aromatic rings. The van der Waals surface area contributed by atoms with Gasteiger partial charge >= 0.3 is 0 Å². The van der Waals surface area contributed by atoms with Crippen LogP contribution in [0, 0.1) is 20.8 Å².